The van der Waals surface area contributed by atoms with Gasteiger partial charge in [0.15, 0.2) is 0 Å². The zero-order valence-electron chi connectivity index (χ0n) is 10.3. The molecule has 0 aromatic carbocycles. The second-order valence-electron chi connectivity index (χ2n) is 6.10. The van der Waals surface area contributed by atoms with Crippen LogP contribution in [0, 0.1) is 11.3 Å². The van der Waals surface area contributed by atoms with E-state index in [9.17, 15) is 9.90 Å². The fraction of sp³-hybridized carbons (Fsp3) is 0.917. The smallest absolute Gasteiger partial charge is 0.410 e. The molecule has 0 unspecified atom stereocenters. The van der Waals surface area contributed by atoms with Gasteiger partial charge in [-0.2, -0.15) is 0 Å². The number of ether oxygens (including phenoxy) is 1. The summed E-state index contributed by atoms with van der Waals surface area (Å²) in [6, 6.07) is 0. The van der Waals surface area contributed by atoms with Crippen molar-refractivity contribution in [2.24, 2.45) is 11.3 Å². The average molecular weight is 227 g/mol. The van der Waals surface area contributed by atoms with Crippen LogP contribution in [-0.4, -0.2) is 41.4 Å². The topological polar surface area (TPSA) is 49.8 Å². The number of hydrogen-bond donors (Lipinski definition) is 1. The van der Waals surface area contributed by atoms with E-state index in [2.05, 4.69) is 0 Å². The number of fused-ring (bicyclic) bond motifs is 1. The third-order valence-corrected chi connectivity index (χ3v) is 3.65. The van der Waals surface area contributed by atoms with Crippen molar-refractivity contribution >= 4 is 6.09 Å². The first-order chi connectivity index (χ1) is 7.36. The molecule has 0 spiro atoms. The summed E-state index contributed by atoms with van der Waals surface area (Å²) in [6.07, 6.45) is 1.75. The Balaban J connectivity index is 1.87. The van der Waals surface area contributed by atoms with E-state index in [4.69, 9.17) is 4.74 Å². The summed E-state index contributed by atoms with van der Waals surface area (Å²) in [6.45, 7) is 7.36. The van der Waals surface area contributed by atoms with E-state index in [1.165, 1.54) is 0 Å². The molecule has 1 amide bonds. The van der Waals surface area contributed by atoms with Gasteiger partial charge in [0.05, 0.1) is 0 Å². The number of carbonyl (C=O) groups excluding carboxylic acids is 1. The zero-order valence-corrected chi connectivity index (χ0v) is 10.3. The molecule has 0 aromatic heterocycles. The number of rotatable bonds is 1. The lowest BCUT2D eigenvalue weighted by atomic mass is 9.96. The summed E-state index contributed by atoms with van der Waals surface area (Å²) >= 11 is 0. The van der Waals surface area contributed by atoms with Crippen molar-refractivity contribution < 1.29 is 14.6 Å². The predicted octanol–water partition coefficient (Wildman–Crippen LogP) is 1.63. The highest BCUT2D eigenvalue weighted by atomic mass is 16.6. The molecule has 1 saturated heterocycles. The van der Waals surface area contributed by atoms with Gasteiger partial charge in [0, 0.05) is 25.1 Å². The van der Waals surface area contributed by atoms with E-state index in [1.54, 1.807) is 4.90 Å². The number of amides is 1. The largest absolute Gasteiger partial charge is 0.444 e. The van der Waals surface area contributed by atoms with Crippen molar-refractivity contribution in [3.05, 3.63) is 0 Å². The van der Waals surface area contributed by atoms with Crippen LogP contribution in [0.1, 0.15) is 33.6 Å². The van der Waals surface area contributed by atoms with E-state index >= 15 is 0 Å². The highest BCUT2D eigenvalue weighted by Gasteiger charge is 2.56. The van der Waals surface area contributed by atoms with Gasteiger partial charge < -0.3 is 14.7 Å². The number of piperidine rings is 1. The summed E-state index contributed by atoms with van der Waals surface area (Å²) in [5.74, 6) is 0.485. The van der Waals surface area contributed by atoms with Gasteiger partial charge in [-0.05, 0) is 39.5 Å². The highest BCUT2D eigenvalue weighted by molar-refractivity contribution is 5.68. The maximum Gasteiger partial charge on any atom is 0.410 e. The Morgan fingerprint density at radius 2 is 2.25 bits per heavy atom. The fourth-order valence-electron chi connectivity index (χ4n) is 2.48. The quantitative estimate of drug-likeness (QED) is 0.740. The van der Waals surface area contributed by atoms with Crippen LogP contribution >= 0.6 is 0 Å². The Kier molecular flexibility index (Phi) is 2.65. The van der Waals surface area contributed by atoms with E-state index < -0.39 is 5.60 Å². The van der Waals surface area contributed by atoms with Gasteiger partial charge in [-0.15, -0.1) is 0 Å². The average Bonchev–Trinajstić information content (AvgIpc) is 2.88. The van der Waals surface area contributed by atoms with Gasteiger partial charge in [-0.25, -0.2) is 4.79 Å². The Labute approximate surface area is 96.6 Å². The molecule has 0 aromatic rings. The number of likely N-dealkylation sites (tertiary alicyclic amines) is 1. The molecule has 4 nitrogen and oxygen atoms in total. The Hall–Kier alpha value is -0.770. The maximum absolute atomic E-state index is 11.8. The predicted molar refractivity (Wildman–Crippen MR) is 60.0 cm³/mol. The highest BCUT2D eigenvalue weighted by Crippen LogP contribution is 2.57. The SMILES string of the molecule is CC(C)(C)OC(=O)N1CC[C@@]2(CO)C[C@H]2C1. The number of aliphatic hydroxyl groups is 1. The van der Waals surface area contributed by atoms with Crippen LogP contribution in [0.2, 0.25) is 0 Å². The van der Waals surface area contributed by atoms with Crippen molar-refractivity contribution in [1.29, 1.82) is 0 Å². The third kappa shape index (κ3) is 2.17. The van der Waals surface area contributed by atoms with Crippen molar-refractivity contribution in [3.63, 3.8) is 0 Å². The monoisotopic (exact) mass is 227 g/mol. The molecule has 1 aliphatic carbocycles. The fourth-order valence-corrected chi connectivity index (χ4v) is 2.48. The van der Waals surface area contributed by atoms with Crippen LogP contribution in [0.5, 0.6) is 0 Å². The lowest BCUT2D eigenvalue weighted by Crippen LogP contribution is -2.42. The van der Waals surface area contributed by atoms with Gasteiger partial charge in [-0.3, -0.25) is 0 Å². The number of carbonyl (C=O) groups is 1. The molecule has 1 N–H and O–H groups in total. The van der Waals surface area contributed by atoms with Gasteiger partial charge in [0.25, 0.3) is 0 Å². The summed E-state index contributed by atoms with van der Waals surface area (Å²) in [7, 11) is 0. The zero-order chi connectivity index (χ0) is 12.0. The molecule has 0 bridgehead atoms. The third-order valence-electron chi connectivity index (χ3n) is 3.65. The minimum Gasteiger partial charge on any atom is -0.444 e. The minimum absolute atomic E-state index is 0.137. The molecular weight excluding hydrogens is 206 g/mol. The van der Waals surface area contributed by atoms with Gasteiger partial charge in [0.1, 0.15) is 5.60 Å². The Bertz CT molecular complexity index is 297. The second-order valence-corrected chi connectivity index (χ2v) is 6.10. The molecule has 2 fully saturated rings. The molecule has 92 valence electrons. The van der Waals surface area contributed by atoms with Crippen molar-refractivity contribution in [2.45, 2.75) is 39.2 Å². The molecule has 1 saturated carbocycles. The van der Waals surface area contributed by atoms with Crippen molar-refractivity contribution in [2.75, 3.05) is 19.7 Å². The minimum atomic E-state index is -0.424. The maximum atomic E-state index is 11.8. The van der Waals surface area contributed by atoms with E-state index in [0.29, 0.717) is 12.5 Å². The molecule has 2 aliphatic rings. The van der Waals surface area contributed by atoms with Crippen molar-refractivity contribution in [3.8, 4) is 0 Å². The van der Waals surface area contributed by atoms with E-state index in [0.717, 1.165) is 19.4 Å². The van der Waals surface area contributed by atoms with Gasteiger partial charge in [-0.1, -0.05) is 0 Å². The molecule has 16 heavy (non-hydrogen) atoms. The summed E-state index contributed by atoms with van der Waals surface area (Å²) < 4.78 is 5.34. The van der Waals surface area contributed by atoms with Crippen LogP contribution in [0.15, 0.2) is 0 Å². The Morgan fingerprint density at radius 3 is 2.75 bits per heavy atom. The van der Waals surface area contributed by atoms with Gasteiger partial charge >= 0.3 is 6.09 Å². The summed E-state index contributed by atoms with van der Waals surface area (Å²) in [5, 5.41) is 9.27. The normalized spacial score (nSPS) is 33.2. The lowest BCUT2D eigenvalue weighted by molar-refractivity contribution is 0.0149. The first kappa shape index (κ1) is 11.7. The van der Waals surface area contributed by atoms with Crippen molar-refractivity contribution in [1.82, 2.24) is 4.90 Å². The summed E-state index contributed by atoms with van der Waals surface area (Å²) in [5.41, 5.74) is -0.287. The first-order valence-corrected chi connectivity index (χ1v) is 5.95. The van der Waals surface area contributed by atoms with Crippen LogP contribution in [-0.2, 0) is 4.74 Å². The van der Waals surface area contributed by atoms with Crippen LogP contribution in [0.3, 0.4) is 0 Å². The molecule has 2 atom stereocenters. The molecule has 1 aliphatic heterocycles. The number of nitrogens with zero attached hydrogens (tertiary/aromatic N) is 1. The standard InChI is InChI=1S/C12H21NO3/c1-11(2,3)16-10(15)13-5-4-12(8-14)6-9(12)7-13/h9,14H,4-8H2,1-3H3/t9-,12-/m0/s1. The van der Waals surface area contributed by atoms with Crippen LogP contribution in [0.25, 0.3) is 0 Å². The number of aliphatic hydroxyl groups excluding tert-OH is 1. The Morgan fingerprint density at radius 1 is 1.56 bits per heavy atom. The van der Waals surface area contributed by atoms with E-state index in [-0.39, 0.29) is 18.1 Å². The molecule has 0 radical (unpaired) electrons. The van der Waals surface area contributed by atoms with E-state index in [1.807, 2.05) is 20.8 Å². The molecule has 4 heteroatoms. The molecular formula is C12H21NO3. The van der Waals surface area contributed by atoms with Crippen LogP contribution in [0.4, 0.5) is 4.79 Å². The second kappa shape index (κ2) is 3.62. The lowest BCUT2D eigenvalue weighted by Gasteiger charge is -2.32. The van der Waals surface area contributed by atoms with Crippen LogP contribution < -0.4 is 0 Å². The molecule has 1 heterocycles. The molecule has 2 rings (SSSR count). The number of hydrogen-bond acceptors (Lipinski definition) is 3. The van der Waals surface area contributed by atoms with Gasteiger partial charge in [0.2, 0.25) is 0 Å². The first-order valence-electron chi connectivity index (χ1n) is 5.95. The summed E-state index contributed by atoms with van der Waals surface area (Å²) in [4.78, 5) is 13.6.